The van der Waals surface area contributed by atoms with Gasteiger partial charge in [0.25, 0.3) is 0 Å². The lowest BCUT2D eigenvalue weighted by Crippen LogP contribution is -1.97. The van der Waals surface area contributed by atoms with E-state index in [1.807, 2.05) is 13.0 Å². The van der Waals surface area contributed by atoms with E-state index < -0.39 is 0 Å². The molecule has 0 fully saturated rings. The molecule has 0 unspecified atom stereocenters. The van der Waals surface area contributed by atoms with Gasteiger partial charge in [-0.3, -0.25) is 0 Å². The van der Waals surface area contributed by atoms with Crippen LogP contribution < -0.4 is 0 Å². The summed E-state index contributed by atoms with van der Waals surface area (Å²) < 4.78 is 0. The van der Waals surface area contributed by atoms with Crippen LogP contribution >= 0.6 is 0 Å². The van der Waals surface area contributed by atoms with Gasteiger partial charge < -0.3 is 4.84 Å². The van der Waals surface area contributed by atoms with Crippen LogP contribution in [0.3, 0.4) is 0 Å². The molecule has 0 amide bonds. The molecule has 15 heavy (non-hydrogen) atoms. The number of aryl methyl sites for hydroxylation is 1. The van der Waals surface area contributed by atoms with Crippen molar-refractivity contribution in [1.82, 2.24) is 0 Å². The van der Waals surface area contributed by atoms with E-state index >= 15 is 0 Å². The van der Waals surface area contributed by atoms with Crippen LogP contribution in [0.2, 0.25) is 0 Å². The van der Waals surface area contributed by atoms with Crippen LogP contribution in [0.15, 0.2) is 29.4 Å². The second kappa shape index (κ2) is 6.23. The van der Waals surface area contributed by atoms with Gasteiger partial charge >= 0.3 is 0 Å². The molecular weight excluding hydrogens is 186 g/mol. The predicted octanol–water partition coefficient (Wildman–Crippen LogP) is 3.54. The Kier molecular flexibility index (Phi) is 4.88. The van der Waals surface area contributed by atoms with Crippen molar-refractivity contribution < 1.29 is 4.84 Å². The van der Waals surface area contributed by atoms with Gasteiger partial charge in [0.2, 0.25) is 0 Å². The van der Waals surface area contributed by atoms with E-state index in [2.05, 4.69) is 37.2 Å². The summed E-state index contributed by atoms with van der Waals surface area (Å²) in [5, 5.41) is 4.09. The standard InChI is InChI=1S/C13H19NO/c1-4-5-9-15-14-12(3)13-8-6-7-11(2)10-13/h6-8,10H,4-5,9H2,1-3H3. The zero-order valence-electron chi connectivity index (χ0n) is 9.79. The Bertz CT molecular complexity index is 331. The summed E-state index contributed by atoms with van der Waals surface area (Å²) in [6.45, 7) is 6.90. The van der Waals surface area contributed by atoms with Gasteiger partial charge in [0.15, 0.2) is 0 Å². The molecule has 0 heterocycles. The Hall–Kier alpha value is -1.31. The van der Waals surface area contributed by atoms with Crippen molar-refractivity contribution in [3.05, 3.63) is 35.4 Å². The molecule has 1 rings (SSSR count). The molecule has 1 aromatic carbocycles. The zero-order valence-corrected chi connectivity index (χ0v) is 9.79. The summed E-state index contributed by atoms with van der Waals surface area (Å²) in [5.74, 6) is 0. The molecule has 0 aliphatic carbocycles. The second-order valence-corrected chi connectivity index (χ2v) is 3.73. The zero-order chi connectivity index (χ0) is 11.1. The molecular formula is C13H19NO. The highest BCUT2D eigenvalue weighted by Crippen LogP contribution is 2.05. The van der Waals surface area contributed by atoms with E-state index in [-0.39, 0.29) is 0 Å². The maximum absolute atomic E-state index is 5.22. The minimum Gasteiger partial charge on any atom is -0.396 e. The average Bonchev–Trinajstić information content (AvgIpc) is 2.24. The molecule has 0 aliphatic heterocycles. The topological polar surface area (TPSA) is 21.6 Å². The fourth-order valence-corrected chi connectivity index (χ4v) is 1.27. The van der Waals surface area contributed by atoms with Crippen molar-refractivity contribution in [2.75, 3.05) is 6.61 Å². The van der Waals surface area contributed by atoms with Crippen LogP contribution in [-0.2, 0) is 4.84 Å². The highest BCUT2D eigenvalue weighted by Gasteiger charge is 1.97. The van der Waals surface area contributed by atoms with Crippen LogP contribution in [-0.4, -0.2) is 12.3 Å². The lowest BCUT2D eigenvalue weighted by Gasteiger charge is -2.02. The summed E-state index contributed by atoms with van der Waals surface area (Å²) in [4.78, 5) is 5.22. The fraction of sp³-hybridized carbons (Fsp3) is 0.462. The number of unbranched alkanes of at least 4 members (excludes halogenated alkanes) is 1. The second-order valence-electron chi connectivity index (χ2n) is 3.73. The van der Waals surface area contributed by atoms with Gasteiger partial charge in [-0.25, -0.2) is 0 Å². The Labute approximate surface area is 91.9 Å². The van der Waals surface area contributed by atoms with Crippen molar-refractivity contribution in [3.8, 4) is 0 Å². The van der Waals surface area contributed by atoms with Gasteiger partial charge in [-0.2, -0.15) is 0 Å². The van der Waals surface area contributed by atoms with Gasteiger partial charge in [0.05, 0.1) is 5.71 Å². The number of oxime groups is 1. The molecule has 2 nitrogen and oxygen atoms in total. The lowest BCUT2D eigenvalue weighted by molar-refractivity contribution is 0.141. The van der Waals surface area contributed by atoms with Gasteiger partial charge in [0, 0.05) is 0 Å². The predicted molar refractivity (Wildman–Crippen MR) is 64.3 cm³/mol. The highest BCUT2D eigenvalue weighted by molar-refractivity contribution is 5.98. The Balaban J connectivity index is 2.55. The van der Waals surface area contributed by atoms with E-state index in [0.29, 0.717) is 6.61 Å². The molecule has 0 saturated heterocycles. The van der Waals surface area contributed by atoms with Gasteiger partial charge in [0.1, 0.15) is 6.61 Å². The molecule has 0 aliphatic rings. The first-order chi connectivity index (χ1) is 7.24. The van der Waals surface area contributed by atoms with Crippen molar-refractivity contribution in [2.24, 2.45) is 5.16 Å². The van der Waals surface area contributed by atoms with E-state index in [9.17, 15) is 0 Å². The number of nitrogens with zero attached hydrogens (tertiary/aromatic N) is 1. The third-order valence-corrected chi connectivity index (χ3v) is 2.23. The van der Waals surface area contributed by atoms with Crippen molar-refractivity contribution in [1.29, 1.82) is 0 Å². The van der Waals surface area contributed by atoms with Crippen molar-refractivity contribution in [3.63, 3.8) is 0 Å². The number of rotatable bonds is 5. The smallest absolute Gasteiger partial charge is 0.117 e. The number of hydrogen-bond donors (Lipinski definition) is 0. The largest absolute Gasteiger partial charge is 0.396 e. The number of hydrogen-bond acceptors (Lipinski definition) is 2. The van der Waals surface area contributed by atoms with Crippen LogP contribution in [0.4, 0.5) is 0 Å². The van der Waals surface area contributed by atoms with Crippen LogP contribution in [0.1, 0.15) is 37.8 Å². The summed E-state index contributed by atoms with van der Waals surface area (Å²) >= 11 is 0. The fourth-order valence-electron chi connectivity index (χ4n) is 1.27. The lowest BCUT2D eigenvalue weighted by atomic mass is 10.1. The van der Waals surface area contributed by atoms with Crippen LogP contribution in [0.5, 0.6) is 0 Å². The molecule has 0 atom stereocenters. The van der Waals surface area contributed by atoms with Gasteiger partial charge in [-0.15, -0.1) is 0 Å². The summed E-state index contributed by atoms with van der Waals surface area (Å²) in [6.07, 6.45) is 2.20. The van der Waals surface area contributed by atoms with Crippen LogP contribution in [0.25, 0.3) is 0 Å². The average molecular weight is 205 g/mol. The highest BCUT2D eigenvalue weighted by atomic mass is 16.6. The quantitative estimate of drug-likeness (QED) is 0.409. The monoisotopic (exact) mass is 205 g/mol. The first-order valence-corrected chi connectivity index (χ1v) is 5.47. The van der Waals surface area contributed by atoms with E-state index in [0.717, 1.165) is 24.1 Å². The van der Waals surface area contributed by atoms with Gasteiger partial charge in [-0.1, -0.05) is 48.3 Å². The van der Waals surface area contributed by atoms with Crippen molar-refractivity contribution in [2.45, 2.75) is 33.6 Å². The van der Waals surface area contributed by atoms with Crippen molar-refractivity contribution >= 4 is 5.71 Å². The minimum atomic E-state index is 0.708. The van der Waals surface area contributed by atoms with E-state index in [1.165, 1.54) is 5.56 Å². The van der Waals surface area contributed by atoms with E-state index in [4.69, 9.17) is 4.84 Å². The first-order valence-electron chi connectivity index (χ1n) is 5.47. The Morgan fingerprint density at radius 2 is 2.20 bits per heavy atom. The maximum atomic E-state index is 5.22. The summed E-state index contributed by atoms with van der Waals surface area (Å²) in [5.41, 5.74) is 3.32. The SMILES string of the molecule is CCCCON=C(C)c1cccc(C)c1. The third kappa shape index (κ3) is 4.15. The first kappa shape index (κ1) is 11.8. The molecule has 0 radical (unpaired) electrons. The molecule has 0 N–H and O–H groups in total. The summed E-state index contributed by atoms with van der Waals surface area (Å²) in [7, 11) is 0. The molecule has 1 aromatic rings. The molecule has 0 bridgehead atoms. The Morgan fingerprint density at radius 1 is 1.40 bits per heavy atom. The maximum Gasteiger partial charge on any atom is 0.117 e. The summed E-state index contributed by atoms with van der Waals surface area (Å²) in [6, 6.07) is 8.28. The Morgan fingerprint density at radius 3 is 2.87 bits per heavy atom. The van der Waals surface area contributed by atoms with Gasteiger partial charge in [-0.05, 0) is 25.8 Å². The molecule has 0 spiro atoms. The molecule has 0 saturated carbocycles. The third-order valence-electron chi connectivity index (χ3n) is 2.23. The minimum absolute atomic E-state index is 0.708. The van der Waals surface area contributed by atoms with Crippen LogP contribution in [0, 0.1) is 6.92 Å². The molecule has 2 heteroatoms. The molecule has 0 aromatic heterocycles. The number of benzene rings is 1. The van der Waals surface area contributed by atoms with E-state index in [1.54, 1.807) is 0 Å². The normalized spacial score (nSPS) is 11.5. The molecule has 82 valence electrons.